The Morgan fingerprint density at radius 3 is 2.83 bits per heavy atom. The van der Waals surface area contributed by atoms with Gasteiger partial charge in [-0.25, -0.2) is 0 Å². The van der Waals surface area contributed by atoms with Crippen LogP contribution in [0.5, 0.6) is 0 Å². The Kier molecular flexibility index (Phi) is 4.39. The van der Waals surface area contributed by atoms with E-state index in [2.05, 4.69) is 39.4 Å². The van der Waals surface area contributed by atoms with Crippen molar-refractivity contribution in [1.29, 1.82) is 0 Å². The van der Waals surface area contributed by atoms with Gasteiger partial charge in [0.05, 0.1) is 11.3 Å². The summed E-state index contributed by atoms with van der Waals surface area (Å²) in [6.07, 6.45) is 2.93. The van der Waals surface area contributed by atoms with Crippen molar-refractivity contribution in [1.82, 2.24) is 19.7 Å². The summed E-state index contributed by atoms with van der Waals surface area (Å²) in [6.45, 7) is 3.23. The summed E-state index contributed by atoms with van der Waals surface area (Å²) in [6, 6.07) is 10.4. The summed E-state index contributed by atoms with van der Waals surface area (Å²) in [4.78, 5) is 12.2. The fraction of sp³-hybridized carbons (Fsp3) is 0.294. The molecule has 0 saturated heterocycles. The molecule has 2 heterocycles. The molecule has 0 spiro atoms. The fourth-order valence-electron chi connectivity index (χ4n) is 2.76. The predicted molar refractivity (Wildman–Crippen MR) is 91.8 cm³/mol. The van der Waals surface area contributed by atoms with Crippen LogP contribution < -0.4 is 5.32 Å². The Hall–Kier alpha value is -2.27. The van der Waals surface area contributed by atoms with Gasteiger partial charge in [0.1, 0.15) is 5.15 Å². The van der Waals surface area contributed by atoms with Crippen LogP contribution in [-0.4, -0.2) is 26.8 Å². The number of rotatable bonds is 5. The molecule has 5 nitrogen and oxygen atoms in total. The van der Waals surface area contributed by atoms with Crippen molar-refractivity contribution in [3.05, 3.63) is 52.9 Å². The minimum absolute atomic E-state index is 0.169. The summed E-state index contributed by atoms with van der Waals surface area (Å²) in [5.41, 5.74) is 2.32. The molecule has 0 unspecified atom stereocenters. The highest BCUT2D eigenvalue weighted by Gasteiger charge is 2.18. The molecule has 1 N–H and O–H groups in total. The zero-order valence-corrected chi connectivity index (χ0v) is 14.0. The summed E-state index contributed by atoms with van der Waals surface area (Å²) in [5, 5.41) is 8.67. The van der Waals surface area contributed by atoms with Crippen LogP contribution in [0.2, 0.25) is 5.15 Å². The second-order valence-electron chi connectivity index (χ2n) is 5.55. The van der Waals surface area contributed by atoms with E-state index >= 15 is 0 Å². The summed E-state index contributed by atoms with van der Waals surface area (Å²) in [7, 11) is 1.73. The Bertz CT molecular complexity index is 850. The molecule has 3 aromatic rings. The second-order valence-corrected chi connectivity index (χ2v) is 5.91. The van der Waals surface area contributed by atoms with Crippen molar-refractivity contribution in [3.8, 4) is 0 Å². The average Bonchev–Trinajstić information content (AvgIpc) is 3.05. The molecule has 0 atom stereocenters. The number of halogens is 1. The van der Waals surface area contributed by atoms with E-state index in [-0.39, 0.29) is 5.91 Å². The van der Waals surface area contributed by atoms with Crippen molar-refractivity contribution in [2.45, 2.75) is 19.9 Å². The standard InChI is InChI=1S/C17H19ClN4O/c1-12-15(16(18)21(2)20-12)17(23)19-9-5-10-22-11-8-13-6-3-4-7-14(13)22/h3-4,6-8,11H,5,9-10H2,1-2H3,(H,19,23). The lowest BCUT2D eigenvalue weighted by Gasteiger charge is -2.07. The van der Waals surface area contributed by atoms with Crippen LogP contribution in [0.3, 0.4) is 0 Å². The predicted octanol–water partition coefficient (Wildman–Crippen LogP) is 3.16. The number of fused-ring (bicyclic) bond motifs is 1. The van der Waals surface area contributed by atoms with Gasteiger partial charge in [0.15, 0.2) is 0 Å². The van der Waals surface area contributed by atoms with Crippen LogP contribution in [-0.2, 0) is 13.6 Å². The van der Waals surface area contributed by atoms with E-state index in [4.69, 9.17) is 11.6 Å². The quantitative estimate of drug-likeness (QED) is 0.731. The first kappa shape index (κ1) is 15.6. The molecule has 1 amide bonds. The molecule has 0 aliphatic carbocycles. The Morgan fingerprint density at radius 2 is 2.09 bits per heavy atom. The molecule has 0 fully saturated rings. The lowest BCUT2D eigenvalue weighted by atomic mass is 10.2. The molecule has 0 bridgehead atoms. The maximum atomic E-state index is 12.2. The van der Waals surface area contributed by atoms with Crippen LogP contribution in [0.4, 0.5) is 0 Å². The van der Waals surface area contributed by atoms with Crippen LogP contribution in [0, 0.1) is 6.92 Å². The van der Waals surface area contributed by atoms with Gasteiger partial charge < -0.3 is 9.88 Å². The van der Waals surface area contributed by atoms with Gasteiger partial charge in [0, 0.05) is 31.9 Å². The molecular formula is C17H19ClN4O. The number of amides is 1. The van der Waals surface area contributed by atoms with Crippen molar-refractivity contribution in [3.63, 3.8) is 0 Å². The van der Waals surface area contributed by atoms with E-state index in [9.17, 15) is 4.79 Å². The number of carbonyl (C=O) groups is 1. The average molecular weight is 331 g/mol. The van der Waals surface area contributed by atoms with Gasteiger partial charge in [-0.1, -0.05) is 29.8 Å². The maximum absolute atomic E-state index is 12.2. The van der Waals surface area contributed by atoms with Crippen molar-refractivity contribution < 1.29 is 4.79 Å². The van der Waals surface area contributed by atoms with Gasteiger partial charge in [0.2, 0.25) is 0 Å². The molecule has 23 heavy (non-hydrogen) atoms. The number of aromatic nitrogens is 3. The summed E-state index contributed by atoms with van der Waals surface area (Å²) >= 11 is 6.10. The molecule has 0 saturated carbocycles. The van der Waals surface area contributed by atoms with Crippen LogP contribution in [0.25, 0.3) is 10.9 Å². The van der Waals surface area contributed by atoms with Crippen molar-refractivity contribution in [2.24, 2.45) is 7.05 Å². The highest BCUT2D eigenvalue weighted by molar-refractivity contribution is 6.33. The number of hydrogen-bond acceptors (Lipinski definition) is 2. The Balaban J connectivity index is 1.56. The van der Waals surface area contributed by atoms with Crippen molar-refractivity contribution >= 4 is 28.4 Å². The third-order valence-corrected chi connectivity index (χ3v) is 4.35. The van der Waals surface area contributed by atoms with E-state index in [1.165, 1.54) is 15.6 Å². The zero-order chi connectivity index (χ0) is 16.4. The lowest BCUT2D eigenvalue weighted by molar-refractivity contribution is 0.0952. The number of benzene rings is 1. The second kappa shape index (κ2) is 6.46. The molecule has 0 aliphatic heterocycles. The Labute approximate surface area is 139 Å². The van der Waals surface area contributed by atoms with Crippen molar-refractivity contribution in [2.75, 3.05) is 6.54 Å². The summed E-state index contributed by atoms with van der Waals surface area (Å²) < 4.78 is 3.71. The third-order valence-electron chi connectivity index (χ3n) is 3.92. The first-order valence-corrected chi connectivity index (χ1v) is 7.97. The van der Waals surface area contributed by atoms with Gasteiger partial charge in [-0.3, -0.25) is 9.48 Å². The van der Waals surface area contributed by atoms with E-state index in [0.29, 0.717) is 23.0 Å². The van der Waals surface area contributed by atoms with Crippen LogP contribution >= 0.6 is 11.6 Å². The number of para-hydroxylation sites is 1. The first-order chi connectivity index (χ1) is 11.1. The van der Waals surface area contributed by atoms with Gasteiger partial charge >= 0.3 is 0 Å². The van der Waals surface area contributed by atoms with E-state index < -0.39 is 0 Å². The number of aryl methyl sites for hydroxylation is 3. The number of carbonyl (C=O) groups excluding carboxylic acids is 1. The molecule has 120 valence electrons. The normalized spacial score (nSPS) is 11.1. The fourth-order valence-corrected chi connectivity index (χ4v) is 3.02. The highest BCUT2D eigenvalue weighted by Crippen LogP contribution is 2.18. The Morgan fingerprint density at radius 1 is 1.30 bits per heavy atom. The molecule has 1 aromatic carbocycles. The molecule has 0 aliphatic rings. The molecule has 3 rings (SSSR count). The highest BCUT2D eigenvalue weighted by atomic mass is 35.5. The SMILES string of the molecule is Cc1nn(C)c(Cl)c1C(=O)NCCCn1ccc2ccccc21. The third kappa shape index (κ3) is 3.10. The van der Waals surface area contributed by atoms with E-state index in [1.807, 2.05) is 12.1 Å². The van der Waals surface area contributed by atoms with E-state index in [1.54, 1.807) is 14.0 Å². The van der Waals surface area contributed by atoms with Crippen LogP contribution in [0.1, 0.15) is 22.5 Å². The monoisotopic (exact) mass is 330 g/mol. The minimum Gasteiger partial charge on any atom is -0.352 e. The first-order valence-electron chi connectivity index (χ1n) is 7.59. The van der Waals surface area contributed by atoms with Gasteiger partial charge in [-0.2, -0.15) is 5.10 Å². The zero-order valence-electron chi connectivity index (χ0n) is 13.2. The van der Waals surface area contributed by atoms with Gasteiger partial charge in [-0.15, -0.1) is 0 Å². The number of nitrogens with one attached hydrogen (secondary N) is 1. The lowest BCUT2D eigenvalue weighted by Crippen LogP contribution is -2.25. The molecule has 0 radical (unpaired) electrons. The smallest absolute Gasteiger partial charge is 0.256 e. The largest absolute Gasteiger partial charge is 0.352 e. The summed E-state index contributed by atoms with van der Waals surface area (Å²) in [5.74, 6) is -0.169. The molecule has 2 aromatic heterocycles. The van der Waals surface area contributed by atoms with Gasteiger partial charge in [0.25, 0.3) is 5.91 Å². The van der Waals surface area contributed by atoms with E-state index in [0.717, 1.165) is 13.0 Å². The van der Waals surface area contributed by atoms with Crippen LogP contribution in [0.15, 0.2) is 36.5 Å². The topological polar surface area (TPSA) is 51.9 Å². The maximum Gasteiger partial charge on any atom is 0.256 e. The molecular weight excluding hydrogens is 312 g/mol. The minimum atomic E-state index is -0.169. The van der Waals surface area contributed by atoms with Gasteiger partial charge in [-0.05, 0) is 30.9 Å². The number of nitrogens with zero attached hydrogens (tertiary/aromatic N) is 3. The number of hydrogen-bond donors (Lipinski definition) is 1. The molecule has 6 heteroatoms.